The Labute approximate surface area is 183 Å². The molecule has 0 fully saturated rings. The molecule has 0 radical (unpaired) electrons. The first-order chi connectivity index (χ1) is 14.7. The molecule has 0 saturated heterocycles. The molecule has 1 aromatic rings. The average Bonchev–Trinajstić information content (AvgIpc) is 2.73. The molecule has 0 spiro atoms. The summed E-state index contributed by atoms with van der Waals surface area (Å²) in [5, 5.41) is 2.89. The van der Waals surface area contributed by atoms with Crippen molar-refractivity contribution in [3.63, 3.8) is 0 Å². The average molecular weight is 415 g/mol. The molecule has 0 atom stereocenters. The second-order valence-corrected chi connectivity index (χ2v) is 8.45. The van der Waals surface area contributed by atoms with Gasteiger partial charge in [-0.2, -0.15) is 4.99 Å². The van der Waals surface area contributed by atoms with Gasteiger partial charge in [0.2, 0.25) is 12.0 Å². The van der Waals surface area contributed by atoms with Gasteiger partial charge in [-0.1, -0.05) is 103 Å². The minimum Gasteiger partial charge on any atom is -0.326 e. The first-order valence-electron chi connectivity index (χ1n) is 12.2. The Hall–Kier alpha value is -1.93. The molecule has 0 saturated carbocycles. The number of amides is 1. The SMILES string of the molecule is CCCCCCCCCCCCCCCCCC(=O)Nc1ccc(C)c(N=C=O)c1. The summed E-state index contributed by atoms with van der Waals surface area (Å²) >= 11 is 0. The van der Waals surface area contributed by atoms with Gasteiger partial charge in [-0.05, 0) is 31.0 Å². The number of anilines is 1. The molecule has 0 aliphatic carbocycles. The van der Waals surface area contributed by atoms with E-state index in [9.17, 15) is 9.59 Å². The quantitative estimate of drug-likeness (QED) is 0.150. The van der Waals surface area contributed by atoms with Crippen LogP contribution in [-0.4, -0.2) is 12.0 Å². The maximum absolute atomic E-state index is 12.1. The van der Waals surface area contributed by atoms with Gasteiger partial charge in [-0.3, -0.25) is 4.79 Å². The number of hydrogen-bond acceptors (Lipinski definition) is 3. The highest BCUT2D eigenvalue weighted by molar-refractivity contribution is 5.91. The first-order valence-corrected chi connectivity index (χ1v) is 12.2. The van der Waals surface area contributed by atoms with E-state index in [0.717, 1.165) is 18.4 Å². The van der Waals surface area contributed by atoms with E-state index in [1.165, 1.54) is 83.5 Å². The van der Waals surface area contributed by atoms with E-state index in [4.69, 9.17) is 0 Å². The number of rotatable bonds is 18. The minimum absolute atomic E-state index is 0.0228. The lowest BCUT2D eigenvalue weighted by Crippen LogP contribution is -2.11. The molecule has 0 aliphatic rings. The maximum atomic E-state index is 12.1. The van der Waals surface area contributed by atoms with E-state index in [1.54, 1.807) is 12.1 Å². The second kappa shape index (κ2) is 17.9. The van der Waals surface area contributed by atoms with Crippen LogP contribution in [-0.2, 0) is 9.59 Å². The Morgan fingerprint density at radius 2 is 1.33 bits per heavy atom. The molecule has 0 aliphatic heterocycles. The van der Waals surface area contributed by atoms with Crippen LogP contribution >= 0.6 is 0 Å². The molecule has 1 N–H and O–H groups in total. The molecular weight excluding hydrogens is 372 g/mol. The van der Waals surface area contributed by atoms with Crippen LogP contribution in [0.25, 0.3) is 0 Å². The van der Waals surface area contributed by atoms with Gasteiger partial charge >= 0.3 is 0 Å². The number of benzene rings is 1. The molecule has 0 aromatic heterocycles. The standard InChI is InChI=1S/C26H42N2O2/c1-3-4-5-6-7-8-9-10-11-12-13-14-15-16-17-18-26(30)28-24-20-19-23(2)25(21-24)27-22-29/h19-21H,3-18H2,1-2H3,(H,28,30). The van der Waals surface area contributed by atoms with Gasteiger partial charge in [-0.25, -0.2) is 4.79 Å². The third-order valence-electron chi connectivity index (χ3n) is 5.67. The third kappa shape index (κ3) is 13.3. The van der Waals surface area contributed by atoms with Crippen LogP contribution in [0.4, 0.5) is 11.4 Å². The highest BCUT2D eigenvalue weighted by atomic mass is 16.1. The van der Waals surface area contributed by atoms with Crippen LogP contribution in [0.1, 0.15) is 115 Å². The summed E-state index contributed by atoms with van der Waals surface area (Å²) < 4.78 is 0. The van der Waals surface area contributed by atoms with Crippen molar-refractivity contribution < 1.29 is 9.59 Å². The summed E-state index contributed by atoms with van der Waals surface area (Å²) in [6.45, 7) is 4.14. The van der Waals surface area contributed by atoms with Gasteiger partial charge in [-0.15, -0.1) is 0 Å². The van der Waals surface area contributed by atoms with E-state index in [-0.39, 0.29) is 5.91 Å². The van der Waals surface area contributed by atoms with Crippen molar-refractivity contribution in [3.8, 4) is 0 Å². The van der Waals surface area contributed by atoms with E-state index < -0.39 is 0 Å². The number of carbonyl (C=O) groups excluding carboxylic acids is 2. The van der Waals surface area contributed by atoms with Crippen molar-refractivity contribution >= 4 is 23.4 Å². The fraction of sp³-hybridized carbons (Fsp3) is 0.692. The summed E-state index contributed by atoms with van der Waals surface area (Å²) in [6.07, 6.45) is 21.9. The van der Waals surface area contributed by atoms with Gasteiger partial charge in [0.25, 0.3) is 0 Å². The van der Waals surface area contributed by atoms with E-state index in [0.29, 0.717) is 17.8 Å². The Kier molecular flexibility index (Phi) is 15.6. The van der Waals surface area contributed by atoms with E-state index in [1.807, 2.05) is 19.1 Å². The second-order valence-electron chi connectivity index (χ2n) is 8.45. The zero-order valence-electron chi connectivity index (χ0n) is 19.3. The van der Waals surface area contributed by atoms with E-state index >= 15 is 0 Å². The topological polar surface area (TPSA) is 58.5 Å². The molecule has 168 valence electrons. The monoisotopic (exact) mass is 414 g/mol. The van der Waals surface area contributed by atoms with Crippen LogP contribution in [0.5, 0.6) is 0 Å². The summed E-state index contributed by atoms with van der Waals surface area (Å²) in [5.74, 6) is 0.0228. The zero-order chi connectivity index (χ0) is 21.9. The lowest BCUT2D eigenvalue weighted by molar-refractivity contribution is -0.116. The molecule has 1 amide bonds. The van der Waals surface area contributed by atoms with Crippen LogP contribution < -0.4 is 5.32 Å². The zero-order valence-corrected chi connectivity index (χ0v) is 19.3. The van der Waals surface area contributed by atoms with Crippen molar-refractivity contribution in [2.24, 2.45) is 4.99 Å². The molecule has 30 heavy (non-hydrogen) atoms. The molecule has 0 heterocycles. The molecule has 1 rings (SSSR count). The van der Waals surface area contributed by atoms with Crippen molar-refractivity contribution in [1.82, 2.24) is 0 Å². The lowest BCUT2D eigenvalue weighted by atomic mass is 10.0. The highest BCUT2D eigenvalue weighted by Crippen LogP contribution is 2.23. The van der Waals surface area contributed by atoms with Crippen LogP contribution in [0.2, 0.25) is 0 Å². The van der Waals surface area contributed by atoms with Crippen molar-refractivity contribution in [2.75, 3.05) is 5.32 Å². The molecule has 4 heteroatoms. The number of aliphatic imine (C=N–C) groups is 1. The largest absolute Gasteiger partial charge is 0.326 e. The van der Waals surface area contributed by atoms with Crippen LogP contribution in [0, 0.1) is 6.92 Å². The molecular formula is C26H42N2O2. The number of isocyanates is 1. The van der Waals surface area contributed by atoms with Gasteiger partial charge in [0.1, 0.15) is 0 Å². The Bertz CT molecular complexity index is 636. The first kappa shape index (κ1) is 26.1. The van der Waals surface area contributed by atoms with Crippen LogP contribution in [0.15, 0.2) is 23.2 Å². The molecule has 0 bridgehead atoms. The fourth-order valence-electron chi connectivity index (χ4n) is 3.74. The van der Waals surface area contributed by atoms with Gasteiger partial charge in [0.05, 0.1) is 5.69 Å². The van der Waals surface area contributed by atoms with Gasteiger partial charge in [0, 0.05) is 12.1 Å². The molecule has 1 aromatic carbocycles. The molecule has 4 nitrogen and oxygen atoms in total. The predicted octanol–water partition coefficient (Wildman–Crippen LogP) is 8.16. The predicted molar refractivity (Wildman–Crippen MR) is 127 cm³/mol. The van der Waals surface area contributed by atoms with Gasteiger partial charge in [0.15, 0.2) is 0 Å². The molecule has 0 unspecified atom stereocenters. The number of nitrogens with zero attached hydrogens (tertiary/aromatic N) is 1. The number of unbranched alkanes of at least 4 members (excludes halogenated alkanes) is 14. The lowest BCUT2D eigenvalue weighted by Gasteiger charge is -2.07. The highest BCUT2D eigenvalue weighted by Gasteiger charge is 2.05. The summed E-state index contributed by atoms with van der Waals surface area (Å²) in [7, 11) is 0. The fourth-order valence-corrected chi connectivity index (χ4v) is 3.74. The Morgan fingerprint density at radius 1 is 0.833 bits per heavy atom. The number of nitrogens with one attached hydrogen (secondary N) is 1. The summed E-state index contributed by atoms with van der Waals surface area (Å²) in [5.41, 5.74) is 2.12. The number of aryl methyl sites for hydroxylation is 1. The third-order valence-corrected chi connectivity index (χ3v) is 5.67. The van der Waals surface area contributed by atoms with E-state index in [2.05, 4.69) is 17.2 Å². The smallest absolute Gasteiger partial charge is 0.240 e. The maximum Gasteiger partial charge on any atom is 0.240 e. The van der Waals surface area contributed by atoms with Gasteiger partial charge < -0.3 is 5.32 Å². The van der Waals surface area contributed by atoms with Crippen LogP contribution in [0.3, 0.4) is 0 Å². The number of hydrogen-bond donors (Lipinski definition) is 1. The minimum atomic E-state index is 0.0228. The van der Waals surface area contributed by atoms with Crippen molar-refractivity contribution in [2.45, 2.75) is 117 Å². The van der Waals surface area contributed by atoms with Crippen molar-refractivity contribution in [3.05, 3.63) is 23.8 Å². The Morgan fingerprint density at radius 3 is 1.83 bits per heavy atom. The number of carbonyl (C=O) groups is 1. The normalized spacial score (nSPS) is 10.6. The van der Waals surface area contributed by atoms with Crippen molar-refractivity contribution in [1.29, 1.82) is 0 Å². The summed E-state index contributed by atoms with van der Waals surface area (Å²) in [4.78, 5) is 26.2. The Balaban J connectivity index is 1.95. The summed E-state index contributed by atoms with van der Waals surface area (Å²) in [6, 6.07) is 5.40.